The summed E-state index contributed by atoms with van der Waals surface area (Å²) in [7, 11) is 0. The van der Waals surface area contributed by atoms with Crippen LogP contribution in [0.15, 0.2) is 65.1 Å². The summed E-state index contributed by atoms with van der Waals surface area (Å²) in [6.45, 7) is 3.58. The SMILES string of the molecule is CCOC(=O)C(Oc1ccc2cc(-c3nc4ccccc4o3)ccc2c1)C(=O)OCC. The van der Waals surface area contributed by atoms with E-state index in [1.54, 1.807) is 26.0 Å². The van der Waals surface area contributed by atoms with Crippen LogP contribution in [0.4, 0.5) is 0 Å². The molecule has 0 spiro atoms. The van der Waals surface area contributed by atoms with E-state index in [-0.39, 0.29) is 13.2 Å². The van der Waals surface area contributed by atoms with Crippen molar-refractivity contribution in [2.24, 2.45) is 0 Å². The lowest BCUT2D eigenvalue weighted by molar-refractivity contribution is -0.166. The number of aromatic nitrogens is 1. The fourth-order valence-corrected chi connectivity index (χ4v) is 3.19. The van der Waals surface area contributed by atoms with E-state index in [9.17, 15) is 9.59 Å². The molecular weight excluding hydrogens is 398 g/mol. The van der Waals surface area contributed by atoms with Crippen molar-refractivity contribution in [3.8, 4) is 17.2 Å². The van der Waals surface area contributed by atoms with E-state index in [0.29, 0.717) is 11.6 Å². The molecular formula is C24H21NO6. The minimum Gasteiger partial charge on any atom is -0.467 e. The van der Waals surface area contributed by atoms with Crippen LogP contribution in [0.25, 0.3) is 33.3 Å². The maximum atomic E-state index is 12.1. The average Bonchev–Trinajstić information content (AvgIpc) is 3.21. The molecule has 0 radical (unpaired) electrons. The Hall–Kier alpha value is -3.87. The molecule has 3 aromatic carbocycles. The Balaban J connectivity index is 1.61. The largest absolute Gasteiger partial charge is 0.467 e. The van der Waals surface area contributed by atoms with Gasteiger partial charge in [-0.3, -0.25) is 0 Å². The van der Waals surface area contributed by atoms with Gasteiger partial charge in [-0.1, -0.05) is 24.3 Å². The summed E-state index contributed by atoms with van der Waals surface area (Å²) in [6, 6.07) is 18.6. The van der Waals surface area contributed by atoms with Crippen LogP contribution >= 0.6 is 0 Å². The number of fused-ring (bicyclic) bond motifs is 2. The molecule has 4 aromatic rings. The van der Waals surface area contributed by atoms with E-state index in [0.717, 1.165) is 27.4 Å². The number of carbonyl (C=O) groups excluding carboxylic acids is 2. The van der Waals surface area contributed by atoms with Crippen molar-refractivity contribution in [1.29, 1.82) is 0 Å². The molecule has 7 nitrogen and oxygen atoms in total. The average molecular weight is 419 g/mol. The van der Waals surface area contributed by atoms with Crippen LogP contribution in [-0.4, -0.2) is 36.2 Å². The third-order valence-corrected chi connectivity index (χ3v) is 4.61. The van der Waals surface area contributed by atoms with Crippen LogP contribution in [0.5, 0.6) is 5.75 Å². The van der Waals surface area contributed by atoms with E-state index in [2.05, 4.69) is 4.98 Å². The second-order valence-corrected chi connectivity index (χ2v) is 6.71. The number of rotatable bonds is 7. The highest BCUT2D eigenvalue weighted by Crippen LogP contribution is 2.29. The maximum Gasteiger partial charge on any atom is 0.359 e. The van der Waals surface area contributed by atoms with Gasteiger partial charge >= 0.3 is 11.9 Å². The number of para-hydroxylation sites is 2. The lowest BCUT2D eigenvalue weighted by Gasteiger charge is -2.16. The van der Waals surface area contributed by atoms with Gasteiger partial charge in [-0.15, -0.1) is 0 Å². The zero-order valence-electron chi connectivity index (χ0n) is 17.2. The Labute approximate surface area is 178 Å². The van der Waals surface area contributed by atoms with Gasteiger partial charge in [-0.2, -0.15) is 0 Å². The molecule has 1 heterocycles. The van der Waals surface area contributed by atoms with E-state index in [1.807, 2.05) is 48.5 Å². The monoisotopic (exact) mass is 419 g/mol. The molecule has 0 aliphatic carbocycles. The van der Waals surface area contributed by atoms with Gasteiger partial charge in [-0.05, 0) is 61.0 Å². The van der Waals surface area contributed by atoms with Crippen molar-refractivity contribution in [1.82, 2.24) is 4.98 Å². The van der Waals surface area contributed by atoms with Crippen LogP contribution in [0, 0.1) is 0 Å². The molecule has 1 aromatic heterocycles. The molecule has 0 fully saturated rings. The topological polar surface area (TPSA) is 87.9 Å². The number of ether oxygens (including phenoxy) is 3. The van der Waals surface area contributed by atoms with Gasteiger partial charge in [0, 0.05) is 5.56 Å². The molecule has 4 rings (SSSR count). The first kappa shape index (κ1) is 20.4. The van der Waals surface area contributed by atoms with Crippen LogP contribution < -0.4 is 4.74 Å². The lowest BCUT2D eigenvalue weighted by Crippen LogP contribution is -2.38. The normalized spacial score (nSPS) is 11.1. The molecule has 0 amide bonds. The summed E-state index contributed by atoms with van der Waals surface area (Å²) in [5.41, 5.74) is 2.36. The predicted molar refractivity (Wildman–Crippen MR) is 115 cm³/mol. The maximum absolute atomic E-state index is 12.1. The highest BCUT2D eigenvalue weighted by molar-refractivity contribution is 5.98. The van der Waals surface area contributed by atoms with E-state index >= 15 is 0 Å². The molecule has 31 heavy (non-hydrogen) atoms. The van der Waals surface area contributed by atoms with Crippen LogP contribution in [0.3, 0.4) is 0 Å². The number of nitrogens with zero attached hydrogens (tertiary/aromatic N) is 1. The Morgan fingerprint density at radius 1 is 0.903 bits per heavy atom. The third-order valence-electron chi connectivity index (χ3n) is 4.61. The molecule has 0 atom stereocenters. The second kappa shape index (κ2) is 8.87. The van der Waals surface area contributed by atoms with Gasteiger partial charge in [0.2, 0.25) is 5.89 Å². The van der Waals surface area contributed by atoms with E-state index < -0.39 is 18.0 Å². The fraction of sp³-hybridized carbons (Fsp3) is 0.208. The number of hydrogen-bond acceptors (Lipinski definition) is 7. The van der Waals surface area contributed by atoms with Crippen molar-refractivity contribution in [2.75, 3.05) is 13.2 Å². The van der Waals surface area contributed by atoms with Crippen molar-refractivity contribution in [2.45, 2.75) is 20.0 Å². The van der Waals surface area contributed by atoms with Gasteiger partial charge in [0.25, 0.3) is 6.10 Å². The first-order valence-corrected chi connectivity index (χ1v) is 9.98. The van der Waals surface area contributed by atoms with Crippen LogP contribution in [-0.2, 0) is 19.1 Å². The summed E-state index contributed by atoms with van der Waals surface area (Å²) in [4.78, 5) is 28.8. The van der Waals surface area contributed by atoms with Crippen molar-refractivity contribution in [3.63, 3.8) is 0 Å². The first-order chi connectivity index (χ1) is 15.1. The summed E-state index contributed by atoms with van der Waals surface area (Å²) >= 11 is 0. The standard InChI is InChI=1S/C24H21NO6/c1-3-28-23(26)21(24(27)29-4-2)30-18-12-11-15-13-17(10-9-16(15)14-18)22-25-19-7-5-6-8-20(19)31-22/h5-14,21H,3-4H2,1-2H3. The smallest absolute Gasteiger partial charge is 0.359 e. The highest BCUT2D eigenvalue weighted by atomic mass is 16.6. The molecule has 0 bridgehead atoms. The second-order valence-electron chi connectivity index (χ2n) is 6.71. The molecule has 0 saturated carbocycles. The van der Waals surface area contributed by atoms with Gasteiger partial charge in [0.15, 0.2) is 5.58 Å². The zero-order chi connectivity index (χ0) is 21.8. The van der Waals surface area contributed by atoms with E-state index in [4.69, 9.17) is 18.6 Å². The Morgan fingerprint density at radius 3 is 2.29 bits per heavy atom. The number of oxazole rings is 1. The lowest BCUT2D eigenvalue weighted by atomic mass is 10.1. The number of carbonyl (C=O) groups is 2. The molecule has 0 aliphatic heterocycles. The number of benzene rings is 3. The Kier molecular flexibility index (Phi) is 5.84. The summed E-state index contributed by atoms with van der Waals surface area (Å²) in [6.07, 6.45) is -1.48. The molecule has 7 heteroatoms. The fourth-order valence-electron chi connectivity index (χ4n) is 3.19. The van der Waals surface area contributed by atoms with Crippen LogP contribution in [0.2, 0.25) is 0 Å². The van der Waals surface area contributed by atoms with Gasteiger partial charge in [0.1, 0.15) is 11.3 Å². The quantitative estimate of drug-likeness (QED) is 0.321. The third kappa shape index (κ3) is 4.35. The van der Waals surface area contributed by atoms with Gasteiger partial charge in [0.05, 0.1) is 13.2 Å². The molecule has 0 N–H and O–H groups in total. The van der Waals surface area contributed by atoms with Crippen molar-refractivity contribution >= 4 is 33.8 Å². The Morgan fingerprint density at radius 2 is 1.58 bits per heavy atom. The molecule has 0 saturated heterocycles. The zero-order valence-corrected chi connectivity index (χ0v) is 17.2. The number of hydrogen-bond donors (Lipinski definition) is 0. The highest BCUT2D eigenvalue weighted by Gasteiger charge is 2.32. The summed E-state index contributed by atoms with van der Waals surface area (Å²) < 4.78 is 21.3. The minimum absolute atomic E-state index is 0.133. The summed E-state index contributed by atoms with van der Waals surface area (Å²) in [5, 5.41) is 1.79. The minimum atomic E-state index is -1.48. The Bertz CT molecular complexity index is 1190. The molecule has 0 aliphatic rings. The van der Waals surface area contributed by atoms with Crippen molar-refractivity contribution in [3.05, 3.63) is 60.7 Å². The predicted octanol–water partition coefficient (Wildman–Crippen LogP) is 4.52. The molecule has 0 unspecified atom stereocenters. The van der Waals surface area contributed by atoms with Crippen LogP contribution in [0.1, 0.15) is 13.8 Å². The molecule has 158 valence electrons. The number of esters is 2. The summed E-state index contributed by atoms with van der Waals surface area (Å²) in [5.74, 6) is -0.680. The van der Waals surface area contributed by atoms with Gasteiger partial charge < -0.3 is 18.6 Å². The first-order valence-electron chi connectivity index (χ1n) is 9.98. The van der Waals surface area contributed by atoms with E-state index in [1.165, 1.54) is 0 Å². The van der Waals surface area contributed by atoms with Crippen molar-refractivity contribution < 1.29 is 28.2 Å². The van der Waals surface area contributed by atoms with Gasteiger partial charge in [-0.25, -0.2) is 14.6 Å².